The van der Waals surface area contributed by atoms with Crippen LogP contribution in [0.25, 0.3) is 0 Å². The van der Waals surface area contributed by atoms with E-state index < -0.39 is 0 Å². The SMILES string of the molecule is CCC.CCCCCC(CCC(C)C)C1(CCCC2CCCC(CCO)C2)CC1.CNCCCC1CCO1. The van der Waals surface area contributed by atoms with Gasteiger partial charge in [0.05, 0.1) is 6.10 Å². The van der Waals surface area contributed by atoms with Gasteiger partial charge in [-0.25, -0.2) is 0 Å². The van der Waals surface area contributed by atoms with E-state index in [9.17, 15) is 5.11 Å². The minimum Gasteiger partial charge on any atom is -0.396 e. The Morgan fingerprint density at radius 1 is 0.868 bits per heavy atom. The van der Waals surface area contributed by atoms with E-state index in [-0.39, 0.29) is 0 Å². The summed E-state index contributed by atoms with van der Waals surface area (Å²) in [6.07, 6.45) is 28.5. The molecule has 3 aliphatic rings. The second-order valence-electron chi connectivity index (χ2n) is 13.6. The number of rotatable bonds is 18. The second-order valence-corrected chi connectivity index (χ2v) is 13.6. The molecule has 0 spiro atoms. The number of nitrogens with one attached hydrogen (secondary N) is 1. The number of hydrogen-bond acceptors (Lipinski definition) is 3. The Morgan fingerprint density at radius 3 is 2.08 bits per heavy atom. The van der Waals surface area contributed by atoms with Gasteiger partial charge in [-0.3, -0.25) is 0 Å². The van der Waals surface area contributed by atoms with Gasteiger partial charge in [-0.15, -0.1) is 0 Å². The number of unbranched alkanes of at least 4 members (excludes halogenated alkanes) is 2. The smallest absolute Gasteiger partial charge is 0.0597 e. The summed E-state index contributed by atoms with van der Waals surface area (Å²) in [6.45, 7) is 13.9. The molecule has 3 rings (SSSR count). The second kappa shape index (κ2) is 22.6. The molecule has 2 aliphatic carbocycles. The third kappa shape index (κ3) is 16.2. The molecule has 3 fully saturated rings. The molecule has 0 aromatic carbocycles. The Hall–Kier alpha value is -0.120. The van der Waals surface area contributed by atoms with Crippen molar-refractivity contribution in [3.63, 3.8) is 0 Å². The highest BCUT2D eigenvalue weighted by Crippen LogP contribution is 2.59. The van der Waals surface area contributed by atoms with Crippen LogP contribution in [0, 0.1) is 29.1 Å². The fraction of sp³-hybridized carbons (Fsp3) is 1.00. The molecule has 0 bridgehead atoms. The fourth-order valence-electron chi connectivity index (χ4n) is 6.83. The van der Waals surface area contributed by atoms with Crippen LogP contribution in [0.1, 0.15) is 163 Å². The van der Waals surface area contributed by atoms with E-state index in [0.29, 0.717) is 12.7 Å². The highest BCUT2D eigenvalue weighted by atomic mass is 16.5. The van der Waals surface area contributed by atoms with Crippen LogP contribution in [-0.4, -0.2) is 38.0 Å². The van der Waals surface area contributed by atoms with Crippen LogP contribution < -0.4 is 5.32 Å². The van der Waals surface area contributed by atoms with Gasteiger partial charge in [-0.2, -0.15) is 0 Å². The molecule has 228 valence electrons. The lowest BCUT2D eigenvalue weighted by atomic mass is 9.75. The van der Waals surface area contributed by atoms with Gasteiger partial charge >= 0.3 is 0 Å². The van der Waals surface area contributed by atoms with Gasteiger partial charge in [0.25, 0.3) is 0 Å². The van der Waals surface area contributed by atoms with Crippen LogP contribution in [-0.2, 0) is 4.74 Å². The van der Waals surface area contributed by atoms with Crippen LogP contribution in [0.5, 0.6) is 0 Å². The fourth-order valence-corrected chi connectivity index (χ4v) is 6.83. The Kier molecular flexibility index (Phi) is 21.3. The Labute approximate surface area is 240 Å². The molecule has 4 atom stereocenters. The van der Waals surface area contributed by atoms with Crippen molar-refractivity contribution in [3.05, 3.63) is 0 Å². The standard InChI is InChI=1S/C25H48O.C7H15NO.C3H8/c1-4-5-6-12-24(14-13-21(2)3)25(17-18-25)16-8-11-22-9-7-10-23(20-22)15-19-26;1-8-5-2-3-7-4-6-9-7;1-3-2/h21-24,26H,4-20H2,1-3H3;7-8H,2-6H2,1H3;3H2,1-2H3. The van der Waals surface area contributed by atoms with Crippen molar-refractivity contribution in [2.75, 3.05) is 26.8 Å². The molecule has 0 aromatic heterocycles. The number of hydrogen-bond donors (Lipinski definition) is 2. The average Bonchev–Trinajstić information content (AvgIpc) is 3.65. The zero-order chi connectivity index (χ0) is 28.1. The van der Waals surface area contributed by atoms with E-state index in [4.69, 9.17) is 4.74 Å². The van der Waals surface area contributed by atoms with Gasteiger partial charge < -0.3 is 15.2 Å². The van der Waals surface area contributed by atoms with E-state index >= 15 is 0 Å². The zero-order valence-electron chi connectivity index (χ0n) is 27.0. The third-order valence-corrected chi connectivity index (χ3v) is 9.47. The average molecular weight is 538 g/mol. The molecule has 0 radical (unpaired) electrons. The van der Waals surface area contributed by atoms with Crippen molar-refractivity contribution < 1.29 is 9.84 Å². The van der Waals surface area contributed by atoms with Gasteiger partial charge in [0.2, 0.25) is 0 Å². The highest BCUT2D eigenvalue weighted by Gasteiger charge is 2.47. The van der Waals surface area contributed by atoms with Crippen LogP contribution in [0.15, 0.2) is 0 Å². The molecule has 0 aromatic rings. The normalized spacial score (nSPS) is 24.5. The van der Waals surface area contributed by atoms with E-state index in [1.807, 2.05) is 7.05 Å². The first-order valence-electron chi connectivity index (χ1n) is 17.3. The lowest BCUT2D eigenvalue weighted by Gasteiger charge is -2.31. The Balaban J connectivity index is 0.000000497. The minimum absolute atomic E-state index is 0.399. The van der Waals surface area contributed by atoms with E-state index in [1.165, 1.54) is 122 Å². The van der Waals surface area contributed by atoms with Crippen molar-refractivity contribution >= 4 is 0 Å². The van der Waals surface area contributed by atoms with Crippen LogP contribution in [0.3, 0.4) is 0 Å². The predicted molar refractivity (Wildman–Crippen MR) is 168 cm³/mol. The van der Waals surface area contributed by atoms with Crippen LogP contribution >= 0.6 is 0 Å². The van der Waals surface area contributed by atoms with Gasteiger partial charge in [0, 0.05) is 13.2 Å². The van der Waals surface area contributed by atoms with Crippen molar-refractivity contribution in [3.8, 4) is 0 Å². The van der Waals surface area contributed by atoms with Gasteiger partial charge in [0.15, 0.2) is 0 Å². The number of aliphatic hydroxyl groups excluding tert-OH is 1. The largest absolute Gasteiger partial charge is 0.396 e. The van der Waals surface area contributed by atoms with Crippen molar-refractivity contribution in [2.45, 2.75) is 169 Å². The quantitative estimate of drug-likeness (QED) is 0.171. The zero-order valence-corrected chi connectivity index (χ0v) is 27.0. The number of aliphatic hydroxyl groups is 1. The van der Waals surface area contributed by atoms with E-state index in [0.717, 1.165) is 48.7 Å². The maximum atomic E-state index is 9.23. The van der Waals surface area contributed by atoms with Gasteiger partial charge in [0.1, 0.15) is 0 Å². The topological polar surface area (TPSA) is 41.5 Å². The molecule has 2 saturated carbocycles. The summed E-state index contributed by atoms with van der Waals surface area (Å²) in [4.78, 5) is 0. The van der Waals surface area contributed by atoms with E-state index in [1.54, 1.807) is 0 Å². The third-order valence-electron chi connectivity index (χ3n) is 9.47. The molecule has 38 heavy (non-hydrogen) atoms. The molecule has 4 unspecified atom stereocenters. The highest BCUT2D eigenvalue weighted by molar-refractivity contribution is 4.98. The van der Waals surface area contributed by atoms with Crippen molar-refractivity contribution in [1.82, 2.24) is 5.32 Å². The van der Waals surface area contributed by atoms with Crippen LogP contribution in [0.4, 0.5) is 0 Å². The molecule has 2 N–H and O–H groups in total. The molecule has 0 amide bonds. The molecular formula is C35H71NO2. The number of ether oxygens (including phenoxy) is 1. The monoisotopic (exact) mass is 538 g/mol. The summed E-state index contributed by atoms with van der Waals surface area (Å²) in [5, 5.41) is 12.4. The lowest BCUT2D eigenvalue weighted by Crippen LogP contribution is -2.27. The summed E-state index contributed by atoms with van der Waals surface area (Å²) >= 11 is 0. The summed E-state index contributed by atoms with van der Waals surface area (Å²) in [6, 6.07) is 0. The molecular weight excluding hydrogens is 466 g/mol. The minimum atomic E-state index is 0.399. The van der Waals surface area contributed by atoms with Crippen molar-refractivity contribution in [1.29, 1.82) is 0 Å². The molecule has 3 nitrogen and oxygen atoms in total. The molecule has 1 saturated heterocycles. The Bertz CT molecular complexity index is 512. The maximum Gasteiger partial charge on any atom is 0.0597 e. The summed E-state index contributed by atoms with van der Waals surface area (Å²) < 4.78 is 5.25. The van der Waals surface area contributed by atoms with Gasteiger partial charge in [-0.05, 0) is 107 Å². The first-order valence-corrected chi connectivity index (χ1v) is 17.3. The molecule has 1 heterocycles. The van der Waals surface area contributed by atoms with Crippen molar-refractivity contribution in [2.24, 2.45) is 29.1 Å². The molecule has 1 aliphatic heterocycles. The first-order chi connectivity index (χ1) is 18.4. The van der Waals surface area contributed by atoms with E-state index in [2.05, 4.69) is 39.9 Å². The molecule has 3 heteroatoms. The first kappa shape index (κ1) is 35.9. The lowest BCUT2D eigenvalue weighted by molar-refractivity contribution is -0.0551. The summed E-state index contributed by atoms with van der Waals surface area (Å²) in [5.41, 5.74) is 0.752. The summed E-state index contributed by atoms with van der Waals surface area (Å²) in [5.74, 6) is 3.67. The van der Waals surface area contributed by atoms with Crippen LogP contribution in [0.2, 0.25) is 0 Å². The summed E-state index contributed by atoms with van der Waals surface area (Å²) in [7, 11) is 1.99. The predicted octanol–water partition coefficient (Wildman–Crippen LogP) is 9.95. The maximum absolute atomic E-state index is 9.23. The van der Waals surface area contributed by atoms with Gasteiger partial charge in [-0.1, -0.05) is 98.8 Å². The Morgan fingerprint density at radius 2 is 1.55 bits per heavy atom.